The van der Waals surface area contributed by atoms with Crippen LogP contribution in [0, 0.1) is 5.41 Å². The number of rotatable bonds is 3. The predicted octanol–water partition coefficient (Wildman–Crippen LogP) is 5.25. The summed E-state index contributed by atoms with van der Waals surface area (Å²) in [7, 11) is 0. The quantitative estimate of drug-likeness (QED) is 0.659. The van der Waals surface area contributed by atoms with Crippen LogP contribution < -0.4 is 0 Å². The molecule has 0 aliphatic heterocycles. The SMILES string of the molecule is CC(C)(C)C(Br)CCc1cscc1Br. The number of thiophene rings is 1. The monoisotopic (exact) mass is 338 g/mol. The second-order valence-corrected chi connectivity index (χ2v) is 7.32. The minimum absolute atomic E-state index is 0.350. The van der Waals surface area contributed by atoms with Crippen molar-refractivity contribution in [3.05, 3.63) is 20.8 Å². The van der Waals surface area contributed by atoms with E-state index in [2.05, 4.69) is 63.4 Å². The van der Waals surface area contributed by atoms with E-state index >= 15 is 0 Å². The Balaban J connectivity index is 2.46. The van der Waals surface area contributed by atoms with Crippen molar-refractivity contribution in [2.75, 3.05) is 0 Å². The van der Waals surface area contributed by atoms with E-state index in [1.165, 1.54) is 16.5 Å². The summed E-state index contributed by atoms with van der Waals surface area (Å²) < 4.78 is 1.26. The van der Waals surface area contributed by atoms with Crippen molar-refractivity contribution in [1.29, 1.82) is 0 Å². The van der Waals surface area contributed by atoms with Gasteiger partial charge in [-0.15, -0.1) is 0 Å². The van der Waals surface area contributed by atoms with E-state index in [1.54, 1.807) is 11.3 Å². The van der Waals surface area contributed by atoms with Crippen molar-refractivity contribution in [3.8, 4) is 0 Å². The lowest BCUT2D eigenvalue weighted by Crippen LogP contribution is -2.20. The van der Waals surface area contributed by atoms with E-state index in [0.29, 0.717) is 10.2 Å². The Morgan fingerprint density at radius 2 is 2.00 bits per heavy atom. The fourth-order valence-electron chi connectivity index (χ4n) is 1.20. The summed E-state index contributed by atoms with van der Waals surface area (Å²) in [6.07, 6.45) is 2.34. The van der Waals surface area contributed by atoms with Gasteiger partial charge >= 0.3 is 0 Å². The topological polar surface area (TPSA) is 0 Å². The Morgan fingerprint density at radius 3 is 2.43 bits per heavy atom. The average molecular weight is 340 g/mol. The Kier molecular flexibility index (Phi) is 4.66. The van der Waals surface area contributed by atoms with E-state index in [-0.39, 0.29) is 0 Å². The molecule has 3 heteroatoms. The summed E-state index contributed by atoms with van der Waals surface area (Å²) in [6.45, 7) is 6.82. The van der Waals surface area contributed by atoms with Gasteiger partial charge in [-0.05, 0) is 45.1 Å². The van der Waals surface area contributed by atoms with Gasteiger partial charge in [-0.3, -0.25) is 0 Å². The van der Waals surface area contributed by atoms with E-state index in [1.807, 2.05) is 0 Å². The van der Waals surface area contributed by atoms with Gasteiger partial charge < -0.3 is 0 Å². The highest BCUT2D eigenvalue weighted by molar-refractivity contribution is 9.10. The van der Waals surface area contributed by atoms with Gasteiger partial charge in [-0.25, -0.2) is 0 Å². The molecule has 0 saturated heterocycles. The molecule has 1 atom stereocenters. The summed E-state index contributed by atoms with van der Waals surface area (Å²) in [5.41, 5.74) is 1.78. The van der Waals surface area contributed by atoms with E-state index in [4.69, 9.17) is 0 Å². The summed E-state index contributed by atoms with van der Waals surface area (Å²) in [6, 6.07) is 0. The normalized spacial score (nSPS) is 14.4. The maximum atomic E-state index is 3.76. The van der Waals surface area contributed by atoms with Crippen LogP contribution in [0.5, 0.6) is 0 Å². The van der Waals surface area contributed by atoms with Gasteiger partial charge in [-0.2, -0.15) is 11.3 Å². The zero-order valence-electron chi connectivity index (χ0n) is 8.81. The minimum atomic E-state index is 0.350. The van der Waals surface area contributed by atoms with E-state index in [9.17, 15) is 0 Å². The van der Waals surface area contributed by atoms with Crippen molar-refractivity contribution in [1.82, 2.24) is 0 Å². The summed E-state index contributed by atoms with van der Waals surface area (Å²) in [4.78, 5) is 0.585. The first kappa shape index (κ1) is 12.7. The van der Waals surface area contributed by atoms with Crippen LogP contribution in [0.4, 0.5) is 0 Å². The first-order chi connectivity index (χ1) is 6.41. The molecule has 1 rings (SSSR count). The van der Waals surface area contributed by atoms with Crippen molar-refractivity contribution < 1.29 is 0 Å². The third kappa shape index (κ3) is 3.67. The van der Waals surface area contributed by atoms with Crippen LogP contribution in [-0.2, 0) is 6.42 Å². The predicted molar refractivity (Wildman–Crippen MR) is 72.5 cm³/mol. The van der Waals surface area contributed by atoms with Gasteiger partial charge in [0.2, 0.25) is 0 Å². The van der Waals surface area contributed by atoms with Crippen molar-refractivity contribution >= 4 is 43.2 Å². The lowest BCUT2D eigenvalue weighted by Gasteiger charge is -2.25. The molecule has 0 aliphatic carbocycles. The first-order valence-electron chi connectivity index (χ1n) is 4.76. The van der Waals surface area contributed by atoms with E-state index < -0.39 is 0 Å². The third-order valence-corrected chi connectivity index (χ3v) is 5.96. The van der Waals surface area contributed by atoms with Crippen molar-refractivity contribution in [3.63, 3.8) is 0 Å². The molecule has 1 aromatic heterocycles. The van der Waals surface area contributed by atoms with Crippen LogP contribution in [0.15, 0.2) is 15.2 Å². The molecule has 0 aromatic carbocycles. The van der Waals surface area contributed by atoms with Gasteiger partial charge in [0.1, 0.15) is 0 Å². The molecule has 1 heterocycles. The van der Waals surface area contributed by atoms with Gasteiger partial charge in [0.15, 0.2) is 0 Å². The molecule has 1 unspecified atom stereocenters. The highest BCUT2D eigenvalue weighted by atomic mass is 79.9. The largest absolute Gasteiger partial charge is 0.151 e. The standard InChI is InChI=1S/C11H16Br2S/c1-11(2,3)10(13)5-4-8-6-14-7-9(8)12/h6-7,10H,4-5H2,1-3H3. The average Bonchev–Trinajstić information content (AvgIpc) is 2.45. The molecule has 0 aliphatic rings. The number of alkyl halides is 1. The number of hydrogen-bond acceptors (Lipinski definition) is 1. The van der Waals surface area contributed by atoms with Gasteiger partial charge in [-0.1, -0.05) is 36.7 Å². The van der Waals surface area contributed by atoms with Gasteiger partial charge in [0.05, 0.1) is 0 Å². The zero-order valence-corrected chi connectivity index (χ0v) is 12.8. The fraction of sp³-hybridized carbons (Fsp3) is 0.636. The first-order valence-corrected chi connectivity index (χ1v) is 7.41. The Labute approximate surface area is 107 Å². The second-order valence-electron chi connectivity index (χ2n) is 4.62. The maximum Gasteiger partial charge on any atom is 0.0314 e. The molecular weight excluding hydrogens is 324 g/mol. The molecule has 0 bridgehead atoms. The Bertz CT molecular complexity index is 286. The smallest absolute Gasteiger partial charge is 0.0314 e. The highest BCUT2D eigenvalue weighted by Gasteiger charge is 2.21. The van der Waals surface area contributed by atoms with Crippen LogP contribution in [0.3, 0.4) is 0 Å². The summed E-state index contributed by atoms with van der Waals surface area (Å²) in [5, 5.41) is 4.38. The fourth-order valence-corrected chi connectivity index (χ4v) is 2.97. The molecule has 0 N–H and O–H groups in total. The summed E-state index contributed by atoms with van der Waals surface area (Å²) in [5.74, 6) is 0. The molecule has 1 aromatic rings. The summed E-state index contributed by atoms with van der Waals surface area (Å²) >= 11 is 9.08. The lowest BCUT2D eigenvalue weighted by molar-refractivity contribution is 0.386. The molecule has 0 amide bonds. The van der Waals surface area contributed by atoms with Gasteiger partial charge in [0.25, 0.3) is 0 Å². The van der Waals surface area contributed by atoms with Crippen LogP contribution in [0.1, 0.15) is 32.8 Å². The molecule has 0 nitrogen and oxygen atoms in total. The molecule has 80 valence electrons. The van der Waals surface area contributed by atoms with Crippen molar-refractivity contribution in [2.24, 2.45) is 5.41 Å². The molecule has 0 saturated carbocycles. The van der Waals surface area contributed by atoms with Crippen LogP contribution in [-0.4, -0.2) is 4.83 Å². The Hall–Kier alpha value is 0.660. The van der Waals surface area contributed by atoms with Crippen LogP contribution in [0.2, 0.25) is 0 Å². The lowest BCUT2D eigenvalue weighted by atomic mass is 9.89. The Morgan fingerprint density at radius 1 is 1.36 bits per heavy atom. The number of aryl methyl sites for hydroxylation is 1. The molecule has 0 spiro atoms. The third-order valence-electron chi connectivity index (χ3n) is 2.30. The van der Waals surface area contributed by atoms with Gasteiger partial charge in [0, 0.05) is 14.7 Å². The van der Waals surface area contributed by atoms with Crippen molar-refractivity contribution in [2.45, 2.75) is 38.4 Å². The molecule has 14 heavy (non-hydrogen) atoms. The number of halogens is 2. The minimum Gasteiger partial charge on any atom is -0.151 e. The molecule has 0 radical (unpaired) electrons. The van der Waals surface area contributed by atoms with Crippen LogP contribution >= 0.6 is 43.2 Å². The molecular formula is C11H16Br2S. The highest BCUT2D eigenvalue weighted by Crippen LogP contribution is 2.31. The number of hydrogen-bond donors (Lipinski definition) is 0. The zero-order chi connectivity index (χ0) is 10.8. The van der Waals surface area contributed by atoms with E-state index in [0.717, 1.165) is 6.42 Å². The maximum absolute atomic E-state index is 3.76. The molecule has 0 fully saturated rings. The second kappa shape index (κ2) is 5.13. The van der Waals surface area contributed by atoms with Crippen LogP contribution in [0.25, 0.3) is 0 Å².